The third-order valence-corrected chi connectivity index (χ3v) is 5.49. The number of phenols is 2. The first-order valence-corrected chi connectivity index (χ1v) is 10.6. The zero-order chi connectivity index (χ0) is 22.5. The van der Waals surface area contributed by atoms with Crippen LogP contribution in [0.2, 0.25) is 0 Å². The number of carbonyl (C=O) groups excluding carboxylic acids is 2. The summed E-state index contributed by atoms with van der Waals surface area (Å²) in [5.74, 6) is 0.271. The van der Waals surface area contributed by atoms with Gasteiger partial charge in [0.25, 0.3) is 11.8 Å². The lowest BCUT2D eigenvalue weighted by Crippen LogP contribution is -2.49. The monoisotopic (exact) mass is 426 g/mol. The first kappa shape index (κ1) is 22.5. The molecule has 7 nitrogen and oxygen atoms in total. The van der Waals surface area contributed by atoms with Gasteiger partial charge in [-0.1, -0.05) is 32.0 Å². The van der Waals surface area contributed by atoms with Crippen LogP contribution >= 0.6 is 0 Å². The van der Waals surface area contributed by atoms with E-state index in [1.54, 1.807) is 11.8 Å². The molecule has 0 aromatic heterocycles. The highest BCUT2D eigenvalue weighted by atomic mass is 16.5. The van der Waals surface area contributed by atoms with Gasteiger partial charge in [0.15, 0.2) is 6.10 Å². The average molecular weight is 427 g/mol. The maximum Gasteiger partial charge on any atom is 0.260 e. The topological polar surface area (TPSA) is 99.1 Å². The molecule has 0 spiro atoms. The third-order valence-electron chi connectivity index (χ3n) is 5.49. The fraction of sp³-hybridized carbons (Fsp3) is 0.417. The van der Waals surface area contributed by atoms with Gasteiger partial charge >= 0.3 is 0 Å². The van der Waals surface area contributed by atoms with E-state index in [1.165, 1.54) is 18.2 Å². The summed E-state index contributed by atoms with van der Waals surface area (Å²) in [4.78, 5) is 26.9. The van der Waals surface area contributed by atoms with Gasteiger partial charge in [0, 0.05) is 30.8 Å². The predicted octanol–water partition coefficient (Wildman–Crippen LogP) is 3.41. The van der Waals surface area contributed by atoms with Gasteiger partial charge in [-0.15, -0.1) is 0 Å². The van der Waals surface area contributed by atoms with Gasteiger partial charge in [0.1, 0.15) is 17.2 Å². The predicted molar refractivity (Wildman–Crippen MR) is 117 cm³/mol. The lowest BCUT2D eigenvalue weighted by Gasteiger charge is -2.33. The minimum Gasteiger partial charge on any atom is -0.508 e. The van der Waals surface area contributed by atoms with Crippen LogP contribution in [-0.2, 0) is 4.79 Å². The summed E-state index contributed by atoms with van der Waals surface area (Å²) >= 11 is 0. The average Bonchev–Trinajstić information content (AvgIpc) is 2.73. The number of piperidine rings is 1. The number of hydrogen-bond acceptors (Lipinski definition) is 5. The minimum absolute atomic E-state index is 0.0412. The number of nitrogens with zero attached hydrogens (tertiary/aromatic N) is 1. The van der Waals surface area contributed by atoms with Crippen LogP contribution in [-0.4, -0.2) is 52.2 Å². The van der Waals surface area contributed by atoms with Crippen molar-refractivity contribution in [3.05, 3.63) is 53.6 Å². The van der Waals surface area contributed by atoms with E-state index in [-0.39, 0.29) is 34.9 Å². The fourth-order valence-corrected chi connectivity index (χ4v) is 3.76. The van der Waals surface area contributed by atoms with E-state index in [0.717, 1.165) is 11.3 Å². The van der Waals surface area contributed by atoms with Crippen molar-refractivity contribution in [2.24, 2.45) is 0 Å². The number of carbonyl (C=O) groups is 2. The number of para-hydroxylation sites is 1. The van der Waals surface area contributed by atoms with Crippen LogP contribution in [0.4, 0.5) is 0 Å². The Morgan fingerprint density at radius 2 is 1.65 bits per heavy atom. The highest BCUT2D eigenvalue weighted by Gasteiger charge is 2.27. The summed E-state index contributed by atoms with van der Waals surface area (Å²) in [7, 11) is 0. The molecule has 1 fully saturated rings. The SMILES string of the molecule is CC(Oc1ccccc1C(C)C)C(=O)NC1CCN(C(=O)c2cc(O)cc(O)c2)CC1. The first-order chi connectivity index (χ1) is 14.7. The quantitative estimate of drug-likeness (QED) is 0.657. The molecule has 0 radical (unpaired) electrons. The normalized spacial score (nSPS) is 15.5. The maximum atomic E-state index is 12.6. The molecule has 1 heterocycles. The van der Waals surface area contributed by atoms with E-state index >= 15 is 0 Å². The van der Waals surface area contributed by atoms with Crippen molar-refractivity contribution in [1.29, 1.82) is 0 Å². The Balaban J connectivity index is 1.52. The molecule has 1 saturated heterocycles. The first-order valence-electron chi connectivity index (χ1n) is 10.6. The third kappa shape index (κ3) is 5.69. The number of nitrogens with one attached hydrogen (secondary N) is 1. The molecule has 1 aliphatic rings. The van der Waals surface area contributed by atoms with Crippen molar-refractivity contribution in [3.63, 3.8) is 0 Å². The van der Waals surface area contributed by atoms with Crippen LogP contribution in [0.1, 0.15) is 55.5 Å². The van der Waals surface area contributed by atoms with E-state index in [4.69, 9.17) is 4.74 Å². The summed E-state index contributed by atoms with van der Waals surface area (Å²) in [6.07, 6.45) is 0.615. The fourth-order valence-electron chi connectivity index (χ4n) is 3.76. The molecule has 3 rings (SSSR count). The molecular weight excluding hydrogens is 396 g/mol. The van der Waals surface area contributed by atoms with Crippen molar-refractivity contribution in [2.75, 3.05) is 13.1 Å². The zero-order valence-corrected chi connectivity index (χ0v) is 18.2. The van der Waals surface area contributed by atoms with Crippen molar-refractivity contribution in [3.8, 4) is 17.2 Å². The van der Waals surface area contributed by atoms with Gasteiger partial charge in [-0.3, -0.25) is 9.59 Å². The van der Waals surface area contributed by atoms with Crippen molar-refractivity contribution >= 4 is 11.8 Å². The Kier molecular flexibility index (Phi) is 7.05. The Hall–Kier alpha value is -3.22. The van der Waals surface area contributed by atoms with Crippen molar-refractivity contribution in [1.82, 2.24) is 10.2 Å². The number of ether oxygens (including phenoxy) is 1. The van der Waals surface area contributed by atoms with Crippen LogP contribution in [0, 0.1) is 0 Å². The second-order valence-electron chi connectivity index (χ2n) is 8.27. The molecule has 2 amide bonds. The van der Waals surface area contributed by atoms with Crippen LogP contribution < -0.4 is 10.1 Å². The van der Waals surface area contributed by atoms with Gasteiger partial charge in [-0.25, -0.2) is 0 Å². The Bertz CT molecular complexity index is 915. The van der Waals surface area contributed by atoms with Gasteiger partial charge in [0.05, 0.1) is 0 Å². The summed E-state index contributed by atoms with van der Waals surface area (Å²) in [5.41, 5.74) is 1.30. The largest absolute Gasteiger partial charge is 0.508 e. The molecule has 166 valence electrons. The van der Waals surface area contributed by atoms with E-state index in [2.05, 4.69) is 19.2 Å². The molecule has 1 unspecified atom stereocenters. The molecule has 3 N–H and O–H groups in total. The lowest BCUT2D eigenvalue weighted by atomic mass is 10.0. The standard InChI is InChI=1S/C24H30N2O5/c1-15(2)21-6-4-5-7-22(21)31-16(3)23(29)25-18-8-10-26(11-9-18)24(30)17-12-19(27)14-20(28)13-17/h4-7,12-16,18,27-28H,8-11H2,1-3H3,(H,25,29). The van der Waals surface area contributed by atoms with E-state index in [0.29, 0.717) is 31.8 Å². The Morgan fingerprint density at radius 3 is 2.26 bits per heavy atom. The van der Waals surface area contributed by atoms with Gasteiger partial charge in [0.2, 0.25) is 0 Å². The van der Waals surface area contributed by atoms with E-state index < -0.39 is 6.10 Å². The molecule has 0 bridgehead atoms. The highest BCUT2D eigenvalue weighted by Crippen LogP contribution is 2.27. The maximum absolute atomic E-state index is 12.6. The summed E-state index contributed by atoms with van der Waals surface area (Å²) < 4.78 is 5.93. The number of benzene rings is 2. The number of likely N-dealkylation sites (tertiary alicyclic amines) is 1. The molecule has 2 aromatic rings. The number of aromatic hydroxyl groups is 2. The molecule has 1 atom stereocenters. The molecular formula is C24H30N2O5. The lowest BCUT2D eigenvalue weighted by molar-refractivity contribution is -0.128. The van der Waals surface area contributed by atoms with Crippen LogP contribution in [0.25, 0.3) is 0 Å². The van der Waals surface area contributed by atoms with E-state index in [9.17, 15) is 19.8 Å². The van der Waals surface area contributed by atoms with Crippen LogP contribution in [0.15, 0.2) is 42.5 Å². The molecule has 0 aliphatic carbocycles. The molecule has 2 aromatic carbocycles. The number of phenolic OH excluding ortho intramolecular Hbond substituents is 2. The van der Waals surface area contributed by atoms with Crippen molar-refractivity contribution < 1.29 is 24.5 Å². The van der Waals surface area contributed by atoms with Crippen molar-refractivity contribution in [2.45, 2.75) is 51.7 Å². The molecule has 7 heteroatoms. The van der Waals surface area contributed by atoms with Crippen LogP contribution in [0.5, 0.6) is 17.2 Å². The second kappa shape index (κ2) is 9.73. The molecule has 0 saturated carbocycles. The summed E-state index contributed by atoms with van der Waals surface area (Å²) in [6.45, 7) is 6.86. The Morgan fingerprint density at radius 1 is 1.03 bits per heavy atom. The second-order valence-corrected chi connectivity index (χ2v) is 8.27. The van der Waals surface area contributed by atoms with Gasteiger partial charge in [-0.2, -0.15) is 0 Å². The number of hydrogen-bond donors (Lipinski definition) is 3. The summed E-state index contributed by atoms with van der Waals surface area (Å²) in [5, 5.41) is 22.2. The van der Waals surface area contributed by atoms with Gasteiger partial charge in [-0.05, 0) is 49.4 Å². The summed E-state index contributed by atoms with van der Waals surface area (Å²) in [6, 6.07) is 11.5. The highest BCUT2D eigenvalue weighted by molar-refractivity contribution is 5.95. The molecule has 31 heavy (non-hydrogen) atoms. The molecule has 1 aliphatic heterocycles. The zero-order valence-electron chi connectivity index (χ0n) is 18.2. The minimum atomic E-state index is -0.630. The number of rotatable bonds is 6. The van der Waals surface area contributed by atoms with Crippen LogP contribution in [0.3, 0.4) is 0 Å². The smallest absolute Gasteiger partial charge is 0.260 e. The number of amides is 2. The van der Waals surface area contributed by atoms with Gasteiger partial charge < -0.3 is 25.2 Å². The Labute approximate surface area is 182 Å². The van der Waals surface area contributed by atoms with E-state index in [1.807, 2.05) is 24.3 Å².